The molecule has 1 aromatic carbocycles. The Morgan fingerprint density at radius 3 is 2.22 bits per heavy atom. The van der Waals surface area contributed by atoms with E-state index in [0.717, 1.165) is 0 Å². The van der Waals surface area contributed by atoms with Crippen LogP contribution in [0.1, 0.15) is 5.56 Å². The zero-order chi connectivity index (χ0) is 5.11. The molecule has 1 rings (SSSR count). The van der Waals surface area contributed by atoms with Gasteiger partial charge in [0.2, 0.25) is 0 Å². The third-order valence-corrected chi connectivity index (χ3v) is 0.865. The van der Waals surface area contributed by atoms with Crippen molar-refractivity contribution in [2.24, 2.45) is 0 Å². The Morgan fingerprint density at radius 1 is 1.33 bits per heavy atom. The molecule has 0 bridgehead atoms. The molecule has 0 spiro atoms. The van der Waals surface area contributed by atoms with Crippen LogP contribution < -0.4 is 17.0 Å². The van der Waals surface area contributed by atoms with Crippen molar-refractivity contribution in [3.05, 3.63) is 35.9 Å². The van der Waals surface area contributed by atoms with Crippen molar-refractivity contribution in [3.63, 3.8) is 0 Å². The topological polar surface area (TPSA) is 0 Å². The molecule has 0 nitrogen and oxygen atoms in total. The number of benzene rings is 1. The van der Waals surface area contributed by atoms with Gasteiger partial charge in [-0.15, -0.1) is 0 Å². The Hall–Kier alpha value is 0.362. The Morgan fingerprint density at radius 2 is 2.00 bits per heavy atom. The summed E-state index contributed by atoms with van der Waals surface area (Å²) < 4.78 is 0. The maximum absolute atomic E-state index is 3.03. The predicted molar refractivity (Wildman–Crippen MR) is 30.0 cm³/mol. The van der Waals surface area contributed by atoms with Gasteiger partial charge < -0.3 is 17.0 Å². The minimum atomic E-state index is 0. The van der Waals surface area contributed by atoms with Gasteiger partial charge >= 0.3 is 0 Å². The Kier molecular flexibility index (Phi) is 8.70. The standard InChI is InChI=1S/C7H7.BrH.Pd/c1-7-5-3-2-4-6-7;;/h2-5H,1H3;1H;/p-1. The van der Waals surface area contributed by atoms with E-state index in [1.54, 1.807) is 0 Å². The largest absolute Gasteiger partial charge is 1.00 e. The van der Waals surface area contributed by atoms with Crippen LogP contribution in [-0.2, 0) is 20.4 Å². The number of rotatable bonds is 0. The molecule has 0 unspecified atom stereocenters. The minimum absolute atomic E-state index is 0. The Bertz CT molecular complexity index is 139. The maximum atomic E-state index is 3.03. The molecule has 0 aliphatic carbocycles. The van der Waals surface area contributed by atoms with Crippen LogP contribution >= 0.6 is 0 Å². The molecule has 0 heterocycles. The van der Waals surface area contributed by atoms with Crippen LogP contribution in [0.2, 0.25) is 0 Å². The van der Waals surface area contributed by atoms with E-state index in [1.807, 2.05) is 31.2 Å². The molecule has 0 fully saturated rings. The first kappa shape index (κ1) is 12.1. The predicted octanol–water partition coefficient (Wildman–Crippen LogP) is -1.20. The molecular formula is C7H7BrPd-. The van der Waals surface area contributed by atoms with Gasteiger partial charge in [0, 0.05) is 20.4 Å². The first-order chi connectivity index (χ1) is 3.39. The summed E-state index contributed by atoms with van der Waals surface area (Å²) in [5.74, 6) is 0. The maximum Gasteiger partial charge on any atom is 0 e. The zero-order valence-corrected chi connectivity index (χ0v) is 8.14. The average molecular weight is 277 g/mol. The van der Waals surface area contributed by atoms with E-state index in [1.165, 1.54) is 5.56 Å². The second kappa shape index (κ2) is 6.48. The molecule has 2 heteroatoms. The van der Waals surface area contributed by atoms with Gasteiger partial charge in [-0.1, -0.05) is 24.3 Å². The van der Waals surface area contributed by atoms with Crippen molar-refractivity contribution in [1.82, 2.24) is 0 Å². The first-order valence-electron chi connectivity index (χ1n) is 2.33. The van der Waals surface area contributed by atoms with Crippen molar-refractivity contribution >= 4 is 0 Å². The van der Waals surface area contributed by atoms with Gasteiger partial charge in [0.05, 0.1) is 0 Å². The van der Waals surface area contributed by atoms with E-state index in [2.05, 4.69) is 6.07 Å². The summed E-state index contributed by atoms with van der Waals surface area (Å²) in [7, 11) is 0. The van der Waals surface area contributed by atoms with Gasteiger partial charge in [-0.3, -0.25) is 0 Å². The van der Waals surface area contributed by atoms with Crippen LogP contribution in [0.4, 0.5) is 0 Å². The molecule has 0 atom stereocenters. The normalized spacial score (nSPS) is 6.78. The van der Waals surface area contributed by atoms with Crippen molar-refractivity contribution in [3.8, 4) is 0 Å². The summed E-state index contributed by atoms with van der Waals surface area (Å²) in [6, 6.07) is 10.9. The van der Waals surface area contributed by atoms with Gasteiger partial charge in [0.1, 0.15) is 0 Å². The second-order valence-electron chi connectivity index (χ2n) is 1.55. The molecule has 0 saturated carbocycles. The molecule has 0 aliphatic rings. The first-order valence-corrected chi connectivity index (χ1v) is 2.33. The van der Waals surface area contributed by atoms with Crippen LogP contribution in [-0.4, -0.2) is 0 Å². The molecule has 53 valence electrons. The molecule has 1 aromatic rings. The summed E-state index contributed by atoms with van der Waals surface area (Å²) >= 11 is 0. The van der Waals surface area contributed by atoms with Crippen LogP contribution in [0.3, 0.4) is 0 Å². The summed E-state index contributed by atoms with van der Waals surface area (Å²) in [4.78, 5) is 0. The zero-order valence-electron chi connectivity index (χ0n) is 5.00. The van der Waals surface area contributed by atoms with E-state index in [4.69, 9.17) is 0 Å². The van der Waals surface area contributed by atoms with Crippen LogP contribution in [0, 0.1) is 13.0 Å². The van der Waals surface area contributed by atoms with Crippen molar-refractivity contribution < 1.29 is 37.4 Å². The molecular weight excluding hydrogens is 270 g/mol. The minimum Gasteiger partial charge on any atom is -1.00 e. The smallest absolute Gasteiger partial charge is 0 e. The van der Waals surface area contributed by atoms with Crippen LogP contribution in [0.25, 0.3) is 0 Å². The van der Waals surface area contributed by atoms with Gasteiger partial charge in [-0.2, -0.15) is 0 Å². The Labute approximate surface area is 80.1 Å². The molecule has 0 saturated heterocycles. The van der Waals surface area contributed by atoms with Crippen molar-refractivity contribution in [1.29, 1.82) is 0 Å². The third-order valence-electron chi connectivity index (χ3n) is 0.865. The number of hydrogen-bond acceptors (Lipinski definition) is 0. The Balaban J connectivity index is 0. The quantitative estimate of drug-likeness (QED) is 0.523. The van der Waals surface area contributed by atoms with E-state index in [-0.39, 0.29) is 37.4 Å². The van der Waals surface area contributed by atoms with E-state index >= 15 is 0 Å². The van der Waals surface area contributed by atoms with Crippen molar-refractivity contribution in [2.75, 3.05) is 0 Å². The fourth-order valence-electron chi connectivity index (χ4n) is 0.483. The van der Waals surface area contributed by atoms with Crippen molar-refractivity contribution in [2.45, 2.75) is 6.92 Å². The van der Waals surface area contributed by atoms with Gasteiger partial charge in [0.25, 0.3) is 0 Å². The number of halogens is 1. The summed E-state index contributed by atoms with van der Waals surface area (Å²) in [5, 5.41) is 0. The molecule has 9 heavy (non-hydrogen) atoms. The fraction of sp³-hybridized carbons (Fsp3) is 0.143. The summed E-state index contributed by atoms with van der Waals surface area (Å²) in [5.41, 5.74) is 1.20. The van der Waals surface area contributed by atoms with Crippen LogP contribution in [0.15, 0.2) is 24.3 Å². The SMILES string of the molecule is Cc1[c]cccc1.[Br-].[Pd]. The van der Waals surface area contributed by atoms with Gasteiger partial charge in [-0.25, -0.2) is 0 Å². The van der Waals surface area contributed by atoms with Crippen LogP contribution in [0.5, 0.6) is 0 Å². The van der Waals surface area contributed by atoms with E-state index in [0.29, 0.717) is 0 Å². The third kappa shape index (κ3) is 4.84. The summed E-state index contributed by atoms with van der Waals surface area (Å²) in [6.45, 7) is 2.03. The molecule has 0 N–H and O–H groups in total. The average Bonchev–Trinajstić information content (AvgIpc) is 1.69. The molecule has 0 aliphatic heterocycles. The monoisotopic (exact) mass is 276 g/mol. The molecule has 0 aromatic heterocycles. The number of hydrogen-bond donors (Lipinski definition) is 0. The summed E-state index contributed by atoms with van der Waals surface area (Å²) in [6.07, 6.45) is 0. The molecule has 1 radical (unpaired) electrons. The van der Waals surface area contributed by atoms with E-state index in [9.17, 15) is 0 Å². The van der Waals surface area contributed by atoms with Gasteiger partial charge in [0.15, 0.2) is 0 Å². The second-order valence-corrected chi connectivity index (χ2v) is 1.55. The molecule has 0 amide bonds. The van der Waals surface area contributed by atoms with Gasteiger partial charge in [-0.05, 0) is 18.6 Å². The van der Waals surface area contributed by atoms with E-state index < -0.39 is 0 Å². The fourth-order valence-corrected chi connectivity index (χ4v) is 0.483. The number of aryl methyl sites for hydroxylation is 1.